The van der Waals surface area contributed by atoms with Crippen molar-refractivity contribution >= 4 is 23.5 Å². The van der Waals surface area contributed by atoms with E-state index in [2.05, 4.69) is 0 Å². The first kappa shape index (κ1) is 7.60. The van der Waals surface area contributed by atoms with E-state index < -0.39 is 11.8 Å². The van der Waals surface area contributed by atoms with E-state index in [0.29, 0.717) is 6.42 Å². The molecule has 0 amide bonds. The predicted molar refractivity (Wildman–Crippen MR) is 35.5 cm³/mol. The maximum absolute atomic E-state index is 10.7. The first-order valence-corrected chi connectivity index (χ1v) is 4.13. The highest BCUT2D eigenvalue weighted by Crippen LogP contribution is 2.26. The summed E-state index contributed by atoms with van der Waals surface area (Å²) in [5, 5.41) is 9.68. The zero-order valence-corrected chi connectivity index (χ0v) is 6.15. The summed E-state index contributed by atoms with van der Waals surface area (Å²) in [5.74, 6) is -1.40. The molecule has 0 N–H and O–H groups in total. The number of hydrogen-bond acceptors (Lipinski definition) is 4. The first-order chi connectivity index (χ1) is 4.72. The Morgan fingerprint density at radius 1 is 1.50 bits per heavy atom. The summed E-state index contributed by atoms with van der Waals surface area (Å²) in [4.78, 5) is 20.7. The molecular formula is C6H7O3S-. The number of Topliss-reactive ketones (excluding diaryl/α,β-unsaturated/α-hetero) is 1. The maximum atomic E-state index is 10.7. The average Bonchev–Trinajstić information content (AvgIpc) is 2.36. The van der Waals surface area contributed by atoms with E-state index in [1.165, 1.54) is 11.8 Å². The Hall–Kier alpha value is -0.510. The van der Waals surface area contributed by atoms with Gasteiger partial charge in [0.1, 0.15) is 5.97 Å². The molecule has 3 nitrogen and oxygen atoms in total. The zero-order valence-electron chi connectivity index (χ0n) is 5.33. The van der Waals surface area contributed by atoms with Crippen LogP contribution in [0.4, 0.5) is 0 Å². The van der Waals surface area contributed by atoms with Gasteiger partial charge in [0, 0.05) is 0 Å². The van der Waals surface area contributed by atoms with Gasteiger partial charge in [-0.1, -0.05) is 0 Å². The number of carboxylic acids is 1. The summed E-state index contributed by atoms with van der Waals surface area (Å²) in [6.07, 6.45) is 1.63. The minimum atomic E-state index is -1.54. The summed E-state index contributed by atoms with van der Waals surface area (Å²) >= 11 is 1.41. The van der Waals surface area contributed by atoms with E-state index >= 15 is 0 Å². The van der Waals surface area contributed by atoms with Gasteiger partial charge in [-0.25, -0.2) is 0 Å². The minimum absolute atomic E-state index is 0.329. The Bertz CT molecular complexity index is 160. The number of carboxylic acid groups (broad SMARTS) is 1. The summed E-state index contributed by atoms with van der Waals surface area (Å²) in [5.41, 5.74) is 0. The maximum Gasteiger partial charge on any atom is 0.191 e. The van der Waals surface area contributed by atoms with E-state index in [1.54, 1.807) is 0 Å². The quantitative estimate of drug-likeness (QED) is 0.495. The summed E-state index contributed by atoms with van der Waals surface area (Å²) in [6.45, 7) is 0. The largest absolute Gasteiger partial charge is 0.542 e. The molecule has 0 saturated carbocycles. The third-order valence-electron chi connectivity index (χ3n) is 1.42. The fraction of sp³-hybridized carbons (Fsp3) is 0.667. The molecule has 1 unspecified atom stereocenters. The molecule has 1 atom stereocenters. The average molecular weight is 159 g/mol. The molecule has 0 aromatic rings. The Morgan fingerprint density at radius 3 is 2.60 bits per heavy atom. The van der Waals surface area contributed by atoms with Crippen molar-refractivity contribution in [2.24, 2.45) is 0 Å². The van der Waals surface area contributed by atoms with Crippen molar-refractivity contribution in [1.82, 2.24) is 0 Å². The fourth-order valence-corrected chi connectivity index (χ4v) is 2.11. The van der Waals surface area contributed by atoms with Crippen molar-refractivity contribution in [1.29, 1.82) is 0 Å². The highest BCUT2D eigenvalue weighted by molar-refractivity contribution is 8.00. The lowest BCUT2D eigenvalue weighted by atomic mass is 10.2. The molecule has 0 aliphatic carbocycles. The molecule has 0 spiro atoms. The topological polar surface area (TPSA) is 57.2 Å². The number of aliphatic carboxylic acids is 1. The lowest BCUT2D eigenvalue weighted by molar-refractivity contribution is -0.299. The second-order valence-corrected chi connectivity index (χ2v) is 3.46. The predicted octanol–water partition coefficient (Wildman–Crippen LogP) is -0.799. The minimum Gasteiger partial charge on any atom is -0.542 e. The second-order valence-electron chi connectivity index (χ2n) is 2.15. The van der Waals surface area contributed by atoms with Gasteiger partial charge in [0.15, 0.2) is 5.78 Å². The third kappa shape index (κ3) is 1.50. The van der Waals surface area contributed by atoms with Gasteiger partial charge in [-0.2, -0.15) is 11.8 Å². The molecule has 1 aliphatic heterocycles. The van der Waals surface area contributed by atoms with E-state index in [4.69, 9.17) is 0 Å². The number of ketones is 1. The molecule has 0 radical (unpaired) electrons. The van der Waals surface area contributed by atoms with Crippen molar-refractivity contribution < 1.29 is 14.7 Å². The SMILES string of the molecule is O=C([O-])C(=O)C1CCCS1. The van der Waals surface area contributed by atoms with Gasteiger partial charge in [-0.05, 0) is 18.6 Å². The Kier molecular flexibility index (Phi) is 2.32. The van der Waals surface area contributed by atoms with E-state index in [-0.39, 0.29) is 5.25 Å². The molecule has 4 heteroatoms. The second kappa shape index (κ2) is 3.05. The van der Waals surface area contributed by atoms with Crippen LogP contribution in [-0.4, -0.2) is 22.8 Å². The summed E-state index contributed by atoms with van der Waals surface area (Å²) in [7, 11) is 0. The van der Waals surface area contributed by atoms with Gasteiger partial charge in [-0.3, -0.25) is 4.79 Å². The molecule has 1 saturated heterocycles. The van der Waals surface area contributed by atoms with Gasteiger partial charge in [0.05, 0.1) is 5.25 Å². The molecule has 10 heavy (non-hydrogen) atoms. The molecule has 1 fully saturated rings. The van der Waals surface area contributed by atoms with E-state index in [0.717, 1.165) is 12.2 Å². The van der Waals surface area contributed by atoms with Crippen molar-refractivity contribution in [2.45, 2.75) is 18.1 Å². The molecule has 0 aromatic carbocycles. The number of rotatable bonds is 2. The Morgan fingerprint density at radius 2 is 2.20 bits per heavy atom. The van der Waals surface area contributed by atoms with Crippen LogP contribution in [-0.2, 0) is 9.59 Å². The normalized spacial score (nSPS) is 24.6. The third-order valence-corrected chi connectivity index (χ3v) is 2.80. The number of carbonyl (C=O) groups excluding carboxylic acids is 2. The van der Waals surface area contributed by atoms with E-state index in [9.17, 15) is 14.7 Å². The Labute approximate surface area is 62.8 Å². The van der Waals surface area contributed by atoms with Crippen LogP contribution in [0.25, 0.3) is 0 Å². The van der Waals surface area contributed by atoms with Crippen molar-refractivity contribution in [3.8, 4) is 0 Å². The van der Waals surface area contributed by atoms with Crippen LogP contribution in [0.2, 0.25) is 0 Å². The fourth-order valence-electron chi connectivity index (χ4n) is 0.916. The lowest BCUT2D eigenvalue weighted by Gasteiger charge is -2.05. The number of carbonyl (C=O) groups is 2. The zero-order chi connectivity index (χ0) is 7.56. The Balaban J connectivity index is 2.48. The van der Waals surface area contributed by atoms with Gasteiger partial charge in [0.25, 0.3) is 0 Å². The van der Waals surface area contributed by atoms with Crippen LogP contribution < -0.4 is 5.11 Å². The first-order valence-electron chi connectivity index (χ1n) is 3.08. The van der Waals surface area contributed by atoms with Crippen molar-refractivity contribution in [2.75, 3.05) is 5.75 Å². The monoisotopic (exact) mass is 159 g/mol. The van der Waals surface area contributed by atoms with Crippen LogP contribution >= 0.6 is 11.8 Å². The van der Waals surface area contributed by atoms with Crippen LogP contribution in [0.1, 0.15) is 12.8 Å². The number of thioether (sulfide) groups is 1. The van der Waals surface area contributed by atoms with Gasteiger partial charge < -0.3 is 9.90 Å². The van der Waals surface area contributed by atoms with Gasteiger partial charge in [0.2, 0.25) is 0 Å². The van der Waals surface area contributed by atoms with Crippen molar-refractivity contribution in [3.63, 3.8) is 0 Å². The summed E-state index contributed by atoms with van der Waals surface area (Å²) in [6, 6.07) is 0. The van der Waals surface area contributed by atoms with Crippen LogP contribution in [0.15, 0.2) is 0 Å². The van der Waals surface area contributed by atoms with Crippen LogP contribution in [0.3, 0.4) is 0 Å². The smallest absolute Gasteiger partial charge is 0.191 e. The van der Waals surface area contributed by atoms with Gasteiger partial charge in [-0.15, -0.1) is 0 Å². The lowest BCUT2D eigenvalue weighted by Crippen LogP contribution is -2.36. The molecule has 0 bridgehead atoms. The van der Waals surface area contributed by atoms with Crippen LogP contribution in [0, 0.1) is 0 Å². The summed E-state index contributed by atoms with van der Waals surface area (Å²) < 4.78 is 0. The highest BCUT2D eigenvalue weighted by Gasteiger charge is 2.23. The molecule has 56 valence electrons. The van der Waals surface area contributed by atoms with E-state index in [1.807, 2.05) is 0 Å². The highest BCUT2D eigenvalue weighted by atomic mass is 32.2. The standard InChI is InChI=1S/C6H8O3S/c7-5(6(8)9)4-2-1-3-10-4/h4H,1-3H2,(H,8,9)/p-1. The molecule has 0 aromatic heterocycles. The number of hydrogen-bond donors (Lipinski definition) is 0. The molecule has 1 heterocycles. The van der Waals surface area contributed by atoms with Gasteiger partial charge >= 0.3 is 0 Å². The van der Waals surface area contributed by atoms with Crippen LogP contribution in [0.5, 0.6) is 0 Å². The molecule has 1 rings (SSSR count). The molecular weight excluding hydrogens is 152 g/mol. The van der Waals surface area contributed by atoms with Crippen molar-refractivity contribution in [3.05, 3.63) is 0 Å². The molecule has 1 aliphatic rings.